The maximum absolute atomic E-state index is 4.52. The molecule has 3 aliphatic rings. The van der Waals surface area contributed by atoms with Crippen LogP contribution in [0.1, 0.15) is 24.5 Å². The minimum absolute atomic E-state index is 0.672. The van der Waals surface area contributed by atoms with Crippen molar-refractivity contribution in [3.8, 4) is 0 Å². The van der Waals surface area contributed by atoms with Crippen LogP contribution in [0.4, 0.5) is 11.5 Å². The minimum atomic E-state index is 0.672. The Morgan fingerprint density at radius 2 is 2.08 bits per heavy atom. The summed E-state index contributed by atoms with van der Waals surface area (Å²) >= 11 is 0. The molecule has 1 saturated carbocycles. The van der Waals surface area contributed by atoms with Gasteiger partial charge in [0, 0.05) is 23.4 Å². The lowest BCUT2D eigenvalue weighted by molar-refractivity contribution is -0.698. The number of quaternary nitrogens is 1. The van der Waals surface area contributed by atoms with Gasteiger partial charge in [-0.1, -0.05) is 18.2 Å². The van der Waals surface area contributed by atoms with E-state index in [9.17, 15) is 0 Å². The number of aromatic nitrogens is 2. The molecule has 0 saturated heterocycles. The van der Waals surface area contributed by atoms with Crippen molar-refractivity contribution >= 4 is 17.3 Å². The van der Waals surface area contributed by atoms with E-state index in [2.05, 4.69) is 68.1 Å². The second-order valence-electron chi connectivity index (χ2n) is 6.42. The summed E-state index contributed by atoms with van der Waals surface area (Å²) in [5.74, 6) is 3.66. The molecule has 0 spiro atoms. The van der Waals surface area contributed by atoms with Crippen LogP contribution in [0.3, 0.4) is 0 Å². The first-order chi connectivity index (χ1) is 11.9. The van der Waals surface area contributed by atoms with E-state index in [4.69, 9.17) is 0 Å². The Morgan fingerprint density at radius 1 is 1.21 bits per heavy atom. The fourth-order valence-electron chi connectivity index (χ4n) is 3.20. The van der Waals surface area contributed by atoms with Crippen LogP contribution in [-0.2, 0) is 0 Å². The molecule has 5 rings (SSSR count). The third-order valence-electron chi connectivity index (χ3n) is 4.64. The van der Waals surface area contributed by atoms with Crippen LogP contribution in [0.5, 0.6) is 0 Å². The Morgan fingerprint density at radius 3 is 2.92 bits per heavy atom. The predicted octanol–water partition coefficient (Wildman–Crippen LogP) is 1.79. The minimum Gasteiger partial charge on any atom is -0.329 e. The van der Waals surface area contributed by atoms with E-state index >= 15 is 0 Å². The number of nitrogens with one attached hydrogen (secondary N) is 3. The number of rotatable bonds is 4. The SMILES string of the molecule is C1=C[NH+]2C(Nc3cc(C4CC4)[nH]n3)=CN(c3ccccc3)CC2=N1. The predicted molar refractivity (Wildman–Crippen MR) is 93.6 cm³/mol. The molecule has 3 heterocycles. The lowest BCUT2D eigenvalue weighted by atomic mass is 10.2. The van der Waals surface area contributed by atoms with Crippen LogP contribution in [0.15, 0.2) is 65.8 Å². The van der Waals surface area contributed by atoms with E-state index in [0.29, 0.717) is 5.92 Å². The van der Waals surface area contributed by atoms with Crippen LogP contribution in [0.2, 0.25) is 0 Å². The highest BCUT2D eigenvalue weighted by molar-refractivity contribution is 5.84. The average molecular weight is 319 g/mol. The lowest BCUT2D eigenvalue weighted by Crippen LogP contribution is -3.10. The monoisotopic (exact) mass is 319 g/mol. The van der Waals surface area contributed by atoms with E-state index in [1.165, 1.54) is 18.5 Å². The van der Waals surface area contributed by atoms with E-state index in [1.54, 1.807) is 0 Å². The van der Waals surface area contributed by atoms with Gasteiger partial charge in [0.15, 0.2) is 5.82 Å². The van der Waals surface area contributed by atoms with Gasteiger partial charge < -0.3 is 4.90 Å². The van der Waals surface area contributed by atoms with E-state index in [1.807, 2.05) is 12.3 Å². The molecule has 1 unspecified atom stereocenters. The molecule has 2 aliphatic heterocycles. The van der Waals surface area contributed by atoms with Gasteiger partial charge >= 0.3 is 0 Å². The molecule has 0 bridgehead atoms. The van der Waals surface area contributed by atoms with Gasteiger partial charge in [0.25, 0.3) is 0 Å². The molecule has 1 fully saturated rings. The zero-order chi connectivity index (χ0) is 15.9. The molecular formula is C18H19N6+. The number of aromatic amines is 1. The normalized spacial score (nSPS) is 22.2. The molecule has 0 radical (unpaired) electrons. The van der Waals surface area contributed by atoms with Crippen LogP contribution < -0.4 is 15.1 Å². The van der Waals surface area contributed by atoms with E-state index in [0.717, 1.165) is 34.6 Å². The quantitative estimate of drug-likeness (QED) is 0.805. The Kier molecular flexibility index (Phi) is 3.02. The van der Waals surface area contributed by atoms with Crippen LogP contribution in [0, 0.1) is 0 Å². The van der Waals surface area contributed by atoms with Crippen LogP contribution in [0.25, 0.3) is 0 Å². The lowest BCUT2D eigenvalue weighted by Gasteiger charge is -2.28. The third-order valence-corrected chi connectivity index (χ3v) is 4.64. The summed E-state index contributed by atoms with van der Waals surface area (Å²) in [6, 6.07) is 12.5. The highest BCUT2D eigenvalue weighted by atomic mass is 15.4. The number of aliphatic imine (C=N–C) groups is 1. The van der Waals surface area contributed by atoms with Gasteiger partial charge in [0.05, 0.1) is 12.4 Å². The molecule has 24 heavy (non-hydrogen) atoms. The molecule has 2 aromatic rings. The molecular weight excluding hydrogens is 300 g/mol. The van der Waals surface area contributed by atoms with Crippen molar-refractivity contribution in [2.45, 2.75) is 18.8 Å². The molecule has 0 amide bonds. The summed E-state index contributed by atoms with van der Waals surface area (Å²) in [4.78, 5) is 7.88. The van der Waals surface area contributed by atoms with Crippen molar-refractivity contribution in [2.24, 2.45) is 4.99 Å². The Hall–Kier alpha value is -2.86. The van der Waals surface area contributed by atoms with Crippen molar-refractivity contribution in [3.05, 3.63) is 66.5 Å². The second-order valence-corrected chi connectivity index (χ2v) is 6.42. The first kappa shape index (κ1) is 13.6. The van der Waals surface area contributed by atoms with Crippen LogP contribution in [-0.4, -0.2) is 22.6 Å². The maximum atomic E-state index is 4.52. The summed E-state index contributed by atoms with van der Waals surface area (Å²) in [7, 11) is 0. The highest BCUT2D eigenvalue weighted by Gasteiger charge is 2.32. The fourth-order valence-corrected chi connectivity index (χ4v) is 3.20. The Balaban J connectivity index is 1.45. The first-order valence-electron chi connectivity index (χ1n) is 8.33. The van der Waals surface area contributed by atoms with Gasteiger partial charge in [0.1, 0.15) is 12.7 Å². The number of para-hydroxylation sites is 1. The fraction of sp³-hybridized carbons (Fsp3) is 0.222. The van der Waals surface area contributed by atoms with Gasteiger partial charge in [-0.15, -0.1) is 0 Å². The number of hydrogen-bond acceptors (Lipinski definition) is 4. The summed E-state index contributed by atoms with van der Waals surface area (Å²) in [6.07, 6.45) is 8.61. The summed E-state index contributed by atoms with van der Waals surface area (Å²) < 4.78 is 0. The molecule has 120 valence electrons. The number of H-pyrrole nitrogens is 1. The largest absolute Gasteiger partial charge is 0.329 e. The van der Waals surface area contributed by atoms with Gasteiger partial charge in [0.2, 0.25) is 11.7 Å². The second kappa shape index (κ2) is 5.35. The van der Waals surface area contributed by atoms with Gasteiger partial charge in [-0.2, -0.15) is 5.10 Å². The van der Waals surface area contributed by atoms with Gasteiger partial charge in [-0.3, -0.25) is 10.4 Å². The number of hydrogen-bond donors (Lipinski definition) is 3. The Labute approximate surface area is 140 Å². The molecule has 1 aromatic carbocycles. The number of nitrogens with zero attached hydrogens (tertiary/aromatic N) is 3. The molecule has 1 aromatic heterocycles. The maximum Gasteiger partial charge on any atom is 0.232 e. The summed E-state index contributed by atoms with van der Waals surface area (Å²) in [5, 5.41) is 11.0. The Bertz CT molecular complexity index is 843. The summed E-state index contributed by atoms with van der Waals surface area (Å²) in [5.41, 5.74) is 2.39. The third kappa shape index (κ3) is 2.41. The first-order valence-corrected chi connectivity index (χ1v) is 8.33. The van der Waals surface area contributed by atoms with Gasteiger partial charge in [-0.05, 0) is 25.0 Å². The van der Waals surface area contributed by atoms with Crippen molar-refractivity contribution in [1.82, 2.24) is 10.2 Å². The number of anilines is 2. The zero-order valence-electron chi connectivity index (χ0n) is 13.2. The average Bonchev–Trinajstić information content (AvgIpc) is 3.17. The molecule has 1 atom stereocenters. The number of benzene rings is 1. The zero-order valence-corrected chi connectivity index (χ0v) is 13.2. The molecule has 6 nitrogen and oxygen atoms in total. The molecule has 1 aliphatic carbocycles. The van der Waals surface area contributed by atoms with Crippen LogP contribution >= 0.6 is 0 Å². The smallest absolute Gasteiger partial charge is 0.232 e. The number of amidine groups is 1. The van der Waals surface area contributed by atoms with Gasteiger partial charge in [-0.25, -0.2) is 9.89 Å². The van der Waals surface area contributed by atoms with E-state index in [-0.39, 0.29) is 0 Å². The molecule has 3 N–H and O–H groups in total. The highest BCUT2D eigenvalue weighted by Crippen LogP contribution is 2.39. The van der Waals surface area contributed by atoms with Crippen molar-refractivity contribution < 1.29 is 4.90 Å². The van der Waals surface area contributed by atoms with E-state index < -0.39 is 0 Å². The van der Waals surface area contributed by atoms with Crippen molar-refractivity contribution in [1.29, 1.82) is 0 Å². The van der Waals surface area contributed by atoms with Crippen molar-refractivity contribution in [3.63, 3.8) is 0 Å². The summed E-state index contributed by atoms with van der Waals surface area (Å²) in [6.45, 7) is 0.783. The standard InChI is InChI=1S/C18H18N6/c1-2-4-14(5-3-1)23-11-17-19-8-9-24(17)18(12-23)20-16-10-15(21-22-16)13-6-7-13/h1-5,8-10,12-13H,6-7,11H2,(H2,20,21,22)/p+1. The number of fused-ring (bicyclic) bond motifs is 1. The molecule has 6 heteroatoms. The van der Waals surface area contributed by atoms with Crippen molar-refractivity contribution in [2.75, 3.05) is 16.8 Å². The topological polar surface area (TPSA) is 60.8 Å².